The number of amides is 1. The Hall–Kier alpha value is -1.96. The highest BCUT2D eigenvalue weighted by Gasteiger charge is 2.24. The van der Waals surface area contributed by atoms with E-state index < -0.39 is 0 Å². The van der Waals surface area contributed by atoms with E-state index in [0.29, 0.717) is 17.2 Å². The summed E-state index contributed by atoms with van der Waals surface area (Å²) in [4.78, 5) is 22.1. The number of aryl methyl sites for hydroxylation is 1. The van der Waals surface area contributed by atoms with E-state index in [1.807, 2.05) is 50.5 Å². The van der Waals surface area contributed by atoms with Crippen LogP contribution in [0.2, 0.25) is 0 Å². The fourth-order valence-corrected chi connectivity index (χ4v) is 4.52. The molecule has 0 bridgehead atoms. The van der Waals surface area contributed by atoms with Crippen molar-refractivity contribution in [2.45, 2.75) is 13.3 Å². The number of fused-ring (bicyclic) bond motifs is 1. The van der Waals surface area contributed by atoms with Gasteiger partial charge in [-0.2, -0.15) is 0 Å². The number of anilines is 1. The molecule has 0 radical (unpaired) electrons. The van der Waals surface area contributed by atoms with E-state index in [1.165, 1.54) is 11.3 Å². The minimum atomic E-state index is -0.0538. The van der Waals surface area contributed by atoms with E-state index in [4.69, 9.17) is 9.72 Å². The van der Waals surface area contributed by atoms with Gasteiger partial charge in [0.25, 0.3) is 5.91 Å². The van der Waals surface area contributed by atoms with Crippen molar-refractivity contribution in [3.63, 3.8) is 0 Å². The molecule has 0 aliphatic rings. The SMILES string of the molecule is COc1ccc(C)c2sc(N(CCCN(C)C)C(=O)c3ccccc3Br)nc12. The summed E-state index contributed by atoms with van der Waals surface area (Å²) in [6, 6.07) is 11.5. The highest BCUT2D eigenvalue weighted by Crippen LogP contribution is 2.37. The summed E-state index contributed by atoms with van der Waals surface area (Å²) >= 11 is 5.04. The van der Waals surface area contributed by atoms with E-state index in [0.717, 1.165) is 39.0 Å². The lowest BCUT2D eigenvalue weighted by Crippen LogP contribution is -2.33. The summed E-state index contributed by atoms with van der Waals surface area (Å²) in [7, 11) is 5.71. The van der Waals surface area contributed by atoms with E-state index in [-0.39, 0.29) is 5.91 Å². The first-order valence-electron chi connectivity index (χ1n) is 9.07. The van der Waals surface area contributed by atoms with E-state index in [2.05, 4.69) is 27.8 Å². The summed E-state index contributed by atoms with van der Waals surface area (Å²) in [6.07, 6.45) is 0.856. The second-order valence-corrected chi connectivity index (χ2v) is 8.68. The number of carbonyl (C=O) groups excluding carboxylic acids is 1. The first kappa shape index (κ1) is 20.8. The lowest BCUT2D eigenvalue weighted by atomic mass is 10.2. The minimum absolute atomic E-state index is 0.0538. The van der Waals surface area contributed by atoms with Gasteiger partial charge in [0.2, 0.25) is 0 Å². The zero-order valence-electron chi connectivity index (χ0n) is 16.5. The van der Waals surface area contributed by atoms with Gasteiger partial charge in [0, 0.05) is 11.0 Å². The first-order chi connectivity index (χ1) is 13.4. The Kier molecular flexibility index (Phi) is 6.69. The molecule has 148 valence electrons. The maximum absolute atomic E-state index is 13.4. The van der Waals surface area contributed by atoms with Crippen LogP contribution in [-0.2, 0) is 0 Å². The van der Waals surface area contributed by atoms with Crippen LogP contribution in [0.15, 0.2) is 40.9 Å². The van der Waals surface area contributed by atoms with Crippen LogP contribution in [-0.4, -0.2) is 50.1 Å². The first-order valence-corrected chi connectivity index (χ1v) is 10.7. The molecule has 0 fully saturated rings. The minimum Gasteiger partial charge on any atom is -0.494 e. The van der Waals surface area contributed by atoms with Gasteiger partial charge in [-0.3, -0.25) is 9.69 Å². The molecule has 0 saturated carbocycles. The summed E-state index contributed by atoms with van der Waals surface area (Å²) in [5.74, 6) is 0.673. The standard InChI is InChI=1S/C21H24BrN3O2S/c1-14-10-11-17(27-4)18-19(14)28-21(23-18)25(13-7-12-24(2)3)20(26)15-8-5-6-9-16(15)22/h5-6,8-11H,7,12-13H2,1-4H3. The highest BCUT2D eigenvalue weighted by atomic mass is 79.9. The van der Waals surface area contributed by atoms with Crippen molar-refractivity contribution in [2.24, 2.45) is 0 Å². The van der Waals surface area contributed by atoms with Crippen molar-refractivity contribution >= 4 is 48.5 Å². The smallest absolute Gasteiger partial charge is 0.261 e. The van der Waals surface area contributed by atoms with Crippen molar-refractivity contribution in [2.75, 3.05) is 39.2 Å². The molecule has 0 aliphatic carbocycles. The van der Waals surface area contributed by atoms with Crippen LogP contribution in [0.4, 0.5) is 5.13 Å². The number of nitrogens with zero attached hydrogens (tertiary/aromatic N) is 3. The monoisotopic (exact) mass is 461 g/mol. The third-order valence-corrected chi connectivity index (χ3v) is 6.38. The zero-order chi connectivity index (χ0) is 20.3. The molecule has 5 nitrogen and oxygen atoms in total. The molecule has 2 aromatic carbocycles. The predicted molar refractivity (Wildman–Crippen MR) is 120 cm³/mol. The molecule has 0 spiro atoms. The number of thiazole rings is 1. The molecular formula is C21H24BrN3O2S. The number of ether oxygens (including phenoxy) is 1. The van der Waals surface area contributed by atoms with E-state index >= 15 is 0 Å². The molecule has 0 saturated heterocycles. The van der Waals surface area contributed by atoms with Crippen molar-refractivity contribution in [3.05, 3.63) is 52.0 Å². The Labute approximate surface area is 178 Å². The van der Waals surface area contributed by atoms with Crippen LogP contribution in [0.1, 0.15) is 22.3 Å². The Bertz CT molecular complexity index is 987. The van der Waals surface area contributed by atoms with Gasteiger partial charge in [0.15, 0.2) is 5.13 Å². The normalized spacial score (nSPS) is 11.2. The molecule has 0 atom stereocenters. The summed E-state index contributed by atoms with van der Waals surface area (Å²) in [6.45, 7) is 3.54. The van der Waals surface area contributed by atoms with Gasteiger partial charge in [0.1, 0.15) is 11.3 Å². The van der Waals surface area contributed by atoms with E-state index in [9.17, 15) is 4.79 Å². The maximum atomic E-state index is 13.4. The highest BCUT2D eigenvalue weighted by molar-refractivity contribution is 9.10. The molecule has 3 aromatic rings. The number of hydrogen-bond donors (Lipinski definition) is 0. The van der Waals surface area contributed by atoms with Gasteiger partial charge in [-0.1, -0.05) is 29.5 Å². The fourth-order valence-electron chi connectivity index (χ4n) is 2.99. The van der Waals surface area contributed by atoms with Crippen LogP contribution in [0.3, 0.4) is 0 Å². The molecule has 0 unspecified atom stereocenters. The number of halogens is 1. The zero-order valence-corrected chi connectivity index (χ0v) is 18.9. The quantitative estimate of drug-likeness (QED) is 0.497. The maximum Gasteiger partial charge on any atom is 0.261 e. The number of carbonyl (C=O) groups is 1. The number of methoxy groups -OCH3 is 1. The van der Waals surface area contributed by atoms with Crippen LogP contribution in [0.5, 0.6) is 5.75 Å². The third kappa shape index (κ3) is 4.37. The summed E-state index contributed by atoms with van der Waals surface area (Å²) in [5, 5.41) is 0.696. The summed E-state index contributed by atoms with van der Waals surface area (Å²) in [5.41, 5.74) is 2.57. The Balaban J connectivity index is 2.03. The molecule has 0 N–H and O–H groups in total. The number of aromatic nitrogens is 1. The van der Waals surface area contributed by atoms with Gasteiger partial charge in [0.05, 0.1) is 17.4 Å². The topological polar surface area (TPSA) is 45.7 Å². The number of rotatable bonds is 7. The third-order valence-electron chi connectivity index (χ3n) is 4.48. The Morgan fingerprint density at radius 2 is 1.93 bits per heavy atom. The lowest BCUT2D eigenvalue weighted by Gasteiger charge is -2.21. The van der Waals surface area contributed by atoms with Crippen LogP contribution < -0.4 is 9.64 Å². The largest absolute Gasteiger partial charge is 0.494 e. The summed E-state index contributed by atoms with van der Waals surface area (Å²) < 4.78 is 7.31. The fraction of sp³-hybridized carbons (Fsp3) is 0.333. The second kappa shape index (κ2) is 9.03. The average molecular weight is 462 g/mol. The number of hydrogen-bond acceptors (Lipinski definition) is 5. The van der Waals surface area contributed by atoms with Crippen molar-refractivity contribution in [3.8, 4) is 5.75 Å². The lowest BCUT2D eigenvalue weighted by molar-refractivity contribution is 0.0985. The van der Waals surface area contributed by atoms with Crippen LogP contribution in [0.25, 0.3) is 10.2 Å². The van der Waals surface area contributed by atoms with Gasteiger partial charge in [-0.05, 0) is 73.7 Å². The molecule has 1 aromatic heterocycles. The molecule has 28 heavy (non-hydrogen) atoms. The molecule has 1 amide bonds. The van der Waals surface area contributed by atoms with Crippen LogP contribution in [0, 0.1) is 6.92 Å². The average Bonchev–Trinajstić information content (AvgIpc) is 3.11. The molecule has 7 heteroatoms. The van der Waals surface area contributed by atoms with Gasteiger partial charge in [-0.15, -0.1) is 0 Å². The molecular weight excluding hydrogens is 438 g/mol. The van der Waals surface area contributed by atoms with Crippen molar-refractivity contribution in [1.82, 2.24) is 9.88 Å². The van der Waals surface area contributed by atoms with Gasteiger partial charge in [-0.25, -0.2) is 4.98 Å². The van der Waals surface area contributed by atoms with Crippen LogP contribution >= 0.6 is 27.3 Å². The van der Waals surface area contributed by atoms with Crippen molar-refractivity contribution < 1.29 is 9.53 Å². The van der Waals surface area contributed by atoms with Gasteiger partial charge >= 0.3 is 0 Å². The molecule has 1 heterocycles. The number of benzene rings is 2. The second-order valence-electron chi connectivity index (χ2n) is 6.85. The molecule has 0 aliphatic heterocycles. The van der Waals surface area contributed by atoms with Gasteiger partial charge < -0.3 is 9.64 Å². The van der Waals surface area contributed by atoms with E-state index in [1.54, 1.807) is 12.0 Å². The predicted octanol–water partition coefficient (Wildman–Crippen LogP) is 4.97. The Morgan fingerprint density at radius 3 is 2.61 bits per heavy atom. The molecule has 3 rings (SSSR count). The van der Waals surface area contributed by atoms with Crippen molar-refractivity contribution in [1.29, 1.82) is 0 Å². The Morgan fingerprint density at radius 1 is 1.18 bits per heavy atom.